The molecule has 0 saturated carbocycles. The summed E-state index contributed by atoms with van der Waals surface area (Å²) in [6, 6.07) is 1.49. The van der Waals surface area contributed by atoms with Gasteiger partial charge in [-0.05, 0) is 91.2 Å². The van der Waals surface area contributed by atoms with Gasteiger partial charge >= 0.3 is 23.9 Å². The largest absolute Gasteiger partial charge is 0.465 e. The summed E-state index contributed by atoms with van der Waals surface area (Å²) in [5.74, 6) is -3.47. The van der Waals surface area contributed by atoms with Crippen molar-refractivity contribution in [2.24, 2.45) is 28.6 Å². The Morgan fingerprint density at radius 2 is 1.33 bits per heavy atom. The van der Waals surface area contributed by atoms with E-state index in [1.807, 2.05) is 13.8 Å². The van der Waals surface area contributed by atoms with Crippen LogP contribution in [0.5, 0.6) is 0 Å². The third-order valence-corrected chi connectivity index (χ3v) is 14.1. The van der Waals surface area contributed by atoms with E-state index in [2.05, 4.69) is 26.2 Å². The topological polar surface area (TPSA) is 105 Å². The highest BCUT2D eigenvalue weighted by Crippen LogP contribution is 2.42. The van der Waals surface area contributed by atoms with Crippen molar-refractivity contribution in [1.82, 2.24) is 0 Å². The number of cyclic esters (lactones) is 2. The summed E-state index contributed by atoms with van der Waals surface area (Å²) >= 11 is 0. The number of hydrogen-bond acceptors (Lipinski definition) is 8. The monoisotopic (exact) mass is 542 g/mol. The molecule has 2 atom stereocenters. The zero-order valence-corrected chi connectivity index (χ0v) is 26.0. The summed E-state index contributed by atoms with van der Waals surface area (Å²) in [7, 11) is -3.81. The van der Waals surface area contributed by atoms with Crippen molar-refractivity contribution in [1.29, 1.82) is 0 Å². The molecule has 0 bridgehead atoms. The first kappa shape index (κ1) is 30.7. The summed E-state index contributed by atoms with van der Waals surface area (Å²) in [5, 5.41) is 0. The van der Waals surface area contributed by atoms with E-state index in [0.29, 0.717) is 6.42 Å². The second-order valence-corrected chi connectivity index (χ2v) is 22.9. The van der Waals surface area contributed by atoms with E-state index < -0.39 is 62.8 Å². The van der Waals surface area contributed by atoms with Crippen molar-refractivity contribution in [3.63, 3.8) is 0 Å². The lowest BCUT2D eigenvalue weighted by atomic mass is 9.73. The van der Waals surface area contributed by atoms with Crippen LogP contribution in [-0.4, -0.2) is 52.7 Å². The highest BCUT2D eigenvalue weighted by atomic mass is 28.4. The molecule has 8 nitrogen and oxygen atoms in total. The van der Waals surface area contributed by atoms with Crippen LogP contribution in [0.15, 0.2) is 0 Å². The van der Waals surface area contributed by atoms with Crippen molar-refractivity contribution in [2.75, 3.05) is 6.61 Å². The van der Waals surface area contributed by atoms with Crippen molar-refractivity contribution in [3.05, 3.63) is 0 Å². The summed E-state index contributed by atoms with van der Waals surface area (Å²) in [6.07, 6.45) is 0.433. The molecule has 0 aromatic carbocycles. The quantitative estimate of drug-likeness (QED) is 0.181. The van der Waals surface area contributed by atoms with Gasteiger partial charge in [0, 0.05) is 0 Å². The molecular formula is C26H46O8Si2. The predicted molar refractivity (Wildman–Crippen MR) is 141 cm³/mol. The molecule has 2 aliphatic heterocycles. The van der Waals surface area contributed by atoms with Gasteiger partial charge in [-0.15, -0.1) is 0 Å². The summed E-state index contributed by atoms with van der Waals surface area (Å²) < 4.78 is 22.6. The van der Waals surface area contributed by atoms with Crippen LogP contribution >= 0.6 is 0 Å². The number of esters is 4. The minimum absolute atomic E-state index is 0.132. The van der Waals surface area contributed by atoms with Gasteiger partial charge in [0.2, 0.25) is 0 Å². The van der Waals surface area contributed by atoms with Gasteiger partial charge < -0.3 is 18.3 Å². The molecule has 2 rings (SSSR count). The van der Waals surface area contributed by atoms with Crippen LogP contribution in [0.25, 0.3) is 0 Å². The van der Waals surface area contributed by atoms with Crippen LogP contribution < -0.4 is 0 Å². The van der Waals surface area contributed by atoms with Gasteiger partial charge in [0.15, 0.2) is 16.6 Å². The molecule has 2 heterocycles. The molecule has 2 unspecified atom stereocenters. The Morgan fingerprint density at radius 1 is 0.861 bits per heavy atom. The molecule has 0 spiro atoms. The Hall–Kier alpha value is -1.53. The summed E-state index contributed by atoms with van der Waals surface area (Å²) in [5.41, 5.74) is -2.21. The van der Waals surface area contributed by atoms with Gasteiger partial charge in [-0.2, -0.15) is 0 Å². The number of carbonyl (C=O) groups excluding carboxylic acids is 4. The molecule has 0 aromatic rings. The Bertz CT molecular complexity index is 869. The summed E-state index contributed by atoms with van der Waals surface area (Å²) in [4.78, 5) is 50.9. The number of carbonyl (C=O) groups is 4. The van der Waals surface area contributed by atoms with E-state index in [0.717, 1.165) is 12.1 Å². The van der Waals surface area contributed by atoms with E-state index in [4.69, 9.17) is 18.3 Å². The molecule has 10 heteroatoms. The van der Waals surface area contributed by atoms with E-state index in [1.165, 1.54) is 0 Å². The lowest BCUT2D eigenvalue weighted by Crippen LogP contribution is -2.52. The molecule has 0 aromatic heterocycles. The highest BCUT2D eigenvalue weighted by Gasteiger charge is 2.50. The van der Waals surface area contributed by atoms with Gasteiger partial charge in [0.1, 0.15) is 5.60 Å². The van der Waals surface area contributed by atoms with E-state index >= 15 is 0 Å². The molecule has 0 amide bonds. The van der Waals surface area contributed by atoms with Crippen LogP contribution in [-0.2, 0) is 37.5 Å². The Labute approximate surface area is 218 Å². The van der Waals surface area contributed by atoms with Crippen LogP contribution in [0.4, 0.5) is 0 Å². The Balaban J connectivity index is 2.06. The van der Waals surface area contributed by atoms with Crippen molar-refractivity contribution in [2.45, 2.75) is 105 Å². The molecule has 2 aliphatic rings. The molecule has 0 radical (unpaired) electrons. The van der Waals surface area contributed by atoms with E-state index in [-0.39, 0.29) is 24.9 Å². The SMILES string of the molecule is CC(C)(COC(=O)C1C[Si](C)(C)O[Si](C)(C)C1)CC1C(=O)OC(=O)C1CC(C)(C)C(=O)OC(C)(C)C. The van der Waals surface area contributed by atoms with Crippen LogP contribution in [0, 0.1) is 28.6 Å². The van der Waals surface area contributed by atoms with Crippen LogP contribution in [0.1, 0.15) is 61.3 Å². The number of hydrogen-bond donors (Lipinski definition) is 0. The van der Waals surface area contributed by atoms with E-state index in [1.54, 1.807) is 34.6 Å². The van der Waals surface area contributed by atoms with Crippen molar-refractivity contribution < 1.29 is 37.5 Å². The predicted octanol–water partition coefficient (Wildman–Crippen LogP) is 5.08. The zero-order valence-electron chi connectivity index (χ0n) is 24.0. The van der Waals surface area contributed by atoms with Crippen LogP contribution in [0.3, 0.4) is 0 Å². The van der Waals surface area contributed by atoms with Gasteiger partial charge in [0.25, 0.3) is 0 Å². The van der Waals surface area contributed by atoms with Gasteiger partial charge in [-0.1, -0.05) is 13.8 Å². The Kier molecular flexibility index (Phi) is 8.80. The standard InChI is InChI=1S/C26H46O8Si2/c1-24(2,3)33-23(30)26(6,7)13-19-18(21(28)32-22(19)29)12-25(4,5)16-31-20(27)17-14-35(8,9)34-36(10,11)15-17/h17-19H,12-16H2,1-11H3. The maximum Gasteiger partial charge on any atom is 0.317 e. The average Bonchev–Trinajstić information content (AvgIpc) is 2.88. The maximum absolute atomic E-state index is 13.0. The van der Waals surface area contributed by atoms with Gasteiger partial charge in [0.05, 0.1) is 29.8 Å². The second kappa shape index (κ2) is 10.3. The third kappa shape index (κ3) is 8.51. The zero-order chi connectivity index (χ0) is 27.9. The second-order valence-electron chi connectivity index (χ2n) is 14.2. The minimum atomic E-state index is -1.91. The number of rotatable bonds is 8. The molecule has 0 aliphatic carbocycles. The molecular weight excluding hydrogens is 496 g/mol. The molecule has 36 heavy (non-hydrogen) atoms. The Morgan fingerprint density at radius 3 is 1.81 bits per heavy atom. The van der Waals surface area contributed by atoms with Gasteiger partial charge in [-0.25, -0.2) is 0 Å². The lowest BCUT2D eigenvalue weighted by molar-refractivity contribution is -0.167. The van der Waals surface area contributed by atoms with Crippen LogP contribution in [0.2, 0.25) is 38.3 Å². The highest BCUT2D eigenvalue weighted by molar-refractivity contribution is 6.86. The average molecular weight is 543 g/mol. The van der Waals surface area contributed by atoms with E-state index in [9.17, 15) is 19.2 Å². The fraction of sp³-hybridized carbons (Fsp3) is 0.846. The normalized spacial score (nSPS) is 24.9. The number of ether oxygens (including phenoxy) is 3. The summed E-state index contributed by atoms with van der Waals surface area (Å²) in [6.45, 7) is 21.3. The fourth-order valence-electron chi connectivity index (χ4n) is 5.38. The lowest BCUT2D eigenvalue weighted by Gasteiger charge is -2.42. The molecule has 2 fully saturated rings. The van der Waals surface area contributed by atoms with Gasteiger partial charge in [-0.3, -0.25) is 19.2 Å². The first-order valence-electron chi connectivity index (χ1n) is 12.9. The molecule has 2 saturated heterocycles. The minimum Gasteiger partial charge on any atom is -0.465 e. The first-order valence-corrected chi connectivity index (χ1v) is 19.1. The van der Waals surface area contributed by atoms with Crippen molar-refractivity contribution >= 4 is 40.5 Å². The fourth-order valence-corrected chi connectivity index (χ4v) is 15.3. The van der Waals surface area contributed by atoms with Crippen molar-refractivity contribution in [3.8, 4) is 0 Å². The molecule has 0 N–H and O–H groups in total. The molecule has 206 valence electrons. The maximum atomic E-state index is 13.0. The first-order chi connectivity index (χ1) is 16.0. The third-order valence-electron chi connectivity index (χ3n) is 6.71. The smallest absolute Gasteiger partial charge is 0.317 e.